The van der Waals surface area contributed by atoms with Crippen LogP contribution in [0.15, 0.2) is 23.1 Å². The Morgan fingerprint density at radius 3 is 2.42 bits per heavy atom. The van der Waals surface area contributed by atoms with E-state index in [1.807, 2.05) is 0 Å². The summed E-state index contributed by atoms with van der Waals surface area (Å²) in [6.45, 7) is -0.0648. The molecule has 1 aromatic carbocycles. The van der Waals surface area contributed by atoms with Crippen LogP contribution in [0.25, 0.3) is 0 Å². The van der Waals surface area contributed by atoms with Gasteiger partial charge in [0.1, 0.15) is 4.90 Å². The molecule has 10 heteroatoms. The van der Waals surface area contributed by atoms with Gasteiger partial charge >= 0.3 is 0 Å². The summed E-state index contributed by atoms with van der Waals surface area (Å²) in [5.74, 6) is -0.305. The maximum Gasteiger partial charge on any atom is 0.242 e. The molecule has 0 saturated carbocycles. The van der Waals surface area contributed by atoms with E-state index in [1.54, 1.807) is 0 Å². The highest BCUT2D eigenvalue weighted by Crippen LogP contribution is 2.22. The van der Waals surface area contributed by atoms with Crippen LogP contribution in [0.3, 0.4) is 0 Å². The van der Waals surface area contributed by atoms with Gasteiger partial charge in [-0.05, 0) is 24.6 Å². The maximum absolute atomic E-state index is 11.9. The highest BCUT2D eigenvalue weighted by molar-refractivity contribution is 7.89. The van der Waals surface area contributed by atoms with Gasteiger partial charge in [-0.1, -0.05) is 11.6 Å². The number of nitrogens with two attached hydrogens (primary N) is 2. The van der Waals surface area contributed by atoms with E-state index in [4.69, 9.17) is 22.5 Å². The third kappa shape index (κ3) is 5.33. The molecule has 108 valence electrons. The summed E-state index contributed by atoms with van der Waals surface area (Å²) in [5.41, 5.74) is 5.61. The van der Waals surface area contributed by atoms with Crippen molar-refractivity contribution in [3.05, 3.63) is 23.2 Å². The van der Waals surface area contributed by atoms with E-state index in [0.29, 0.717) is 0 Å². The Kier molecular flexibility index (Phi) is 5.16. The van der Waals surface area contributed by atoms with Gasteiger partial charge in [0.05, 0.1) is 11.4 Å². The van der Waals surface area contributed by atoms with Gasteiger partial charge in [0.25, 0.3) is 0 Å². The topological polar surface area (TPSA) is 132 Å². The van der Waals surface area contributed by atoms with Crippen molar-refractivity contribution in [1.29, 1.82) is 0 Å². The van der Waals surface area contributed by atoms with Gasteiger partial charge in [0, 0.05) is 11.6 Å². The average Bonchev–Trinajstić information content (AvgIpc) is 2.26. The van der Waals surface area contributed by atoms with Crippen molar-refractivity contribution in [2.45, 2.75) is 11.3 Å². The van der Waals surface area contributed by atoms with Crippen LogP contribution in [-0.2, 0) is 20.0 Å². The fourth-order valence-electron chi connectivity index (χ4n) is 1.30. The summed E-state index contributed by atoms with van der Waals surface area (Å²) in [4.78, 5) is -0.143. The van der Waals surface area contributed by atoms with Gasteiger partial charge < -0.3 is 5.73 Å². The molecule has 0 radical (unpaired) electrons. The lowest BCUT2D eigenvalue weighted by molar-refractivity contribution is 0.577. The van der Waals surface area contributed by atoms with Crippen molar-refractivity contribution in [3.63, 3.8) is 0 Å². The number of hydrogen-bond donors (Lipinski definition) is 3. The molecule has 0 aliphatic rings. The third-order valence-corrected chi connectivity index (χ3v) is 4.77. The summed E-state index contributed by atoms with van der Waals surface area (Å²) >= 11 is 5.70. The molecule has 19 heavy (non-hydrogen) atoms. The second-order valence-electron chi connectivity index (χ2n) is 3.80. The second kappa shape index (κ2) is 6.06. The number of benzene rings is 1. The molecule has 0 amide bonds. The van der Waals surface area contributed by atoms with E-state index < -0.39 is 20.0 Å². The predicted octanol–water partition coefficient (Wildman–Crippen LogP) is -0.121. The van der Waals surface area contributed by atoms with Crippen LogP contribution < -0.4 is 15.6 Å². The van der Waals surface area contributed by atoms with Crippen LogP contribution in [0, 0.1) is 0 Å². The van der Waals surface area contributed by atoms with Gasteiger partial charge in [-0.15, -0.1) is 0 Å². The summed E-state index contributed by atoms with van der Waals surface area (Å²) in [5, 5.41) is 5.03. The SMILES string of the molecule is Nc1ccc(Cl)cc1S(=O)(=O)NCCCS(N)(=O)=O. The summed E-state index contributed by atoms with van der Waals surface area (Å²) in [7, 11) is -7.43. The van der Waals surface area contributed by atoms with Crippen molar-refractivity contribution < 1.29 is 16.8 Å². The van der Waals surface area contributed by atoms with E-state index in [1.165, 1.54) is 18.2 Å². The number of halogens is 1. The molecule has 0 saturated heterocycles. The number of sulfonamides is 2. The van der Waals surface area contributed by atoms with Crippen molar-refractivity contribution in [2.75, 3.05) is 18.0 Å². The summed E-state index contributed by atoms with van der Waals surface area (Å²) < 4.78 is 47.4. The predicted molar refractivity (Wildman–Crippen MR) is 73.6 cm³/mol. The summed E-state index contributed by atoms with van der Waals surface area (Å²) in [6.07, 6.45) is 0.0680. The Labute approximate surface area is 117 Å². The molecule has 1 aromatic rings. The molecule has 0 aliphatic heterocycles. The minimum atomic E-state index is -3.83. The van der Waals surface area contributed by atoms with Crippen LogP contribution in [0.5, 0.6) is 0 Å². The first-order valence-corrected chi connectivity index (χ1v) is 8.75. The van der Waals surface area contributed by atoms with Gasteiger partial charge in [-0.25, -0.2) is 26.7 Å². The van der Waals surface area contributed by atoms with Crippen molar-refractivity contribution >= 4 is 37.3 Å². The van der Waals surface area contributed by atoms with E-state index in [2.05, 4.69) is 4.72 Å². The third-order valence-electron chi connectivity index (χ3n) is 2.16. The fourth-order valence-corrected chi connectivity index (χ4v) is 3.31. The molecule has 0 unspecified atom stereocenters. The van der Waals surface area contributed by atoms with E-state index in [0.717, 1.165) is 0 Å². The number of rotatable bonds is 6. The van der Waals surface area contributed by atoms with E-state index >= 15 is 0 Å². The highest BCUT2D eigenvalue weighted by atomic mass is 35.5. The van der Waals surface area contributed by atoms with E-state index in [-0.39, 0.29) is 34.3 Å². The van der Waals surface area contributed by atoms with Crippen LogP contribution in [0.2, 0.25) is 5.02 Å². The molecule has 1 rings (SSSR count). The van der Waals surface area contributed by atoms with Crippen LogP contribution >= 0.6 is 11.6 Å². The minimum Gasteiger partial charge on any atom is -0.398 e. The minimum absolute atomic E-state index is 0.0587. The van der Waals surface area contributed by atoms with Crippen LogP contribution in [0.4, 0.5) is 5.69 Å². The first-order valence-electron chi connectivity index (χ1n) is 5.17. The lowest BCUT2D eigenvalue weighted by Crippen LogP contribution is -2.28. The largest absolute Gasteiger partial charge is 0.398 e. The number of hydrogen-bond acceptors (Lipinski definition) is 5. The van der Waals surface area contributed by atoms with Crippen molar-refractivity contribution in [2.24, 2.45) is 5.14 Å². The standard InChI is InChI=1S/C9H14ClN3O4S2/c10-7-2-3-8(11)9(6-7)19(16,17)13-4-1-5-18(12,14)15/h2-3,6,13H,1,4-5,11H2,(H2,12,14,15). The van der Waals surface area contributed by atoms with Crippen molar-refractivity contribution in [3.8, 4) is 0 Å². The molecule has 0 aromatic heterocycles. The van der Waals surface area contributed by atoms with Gasteiger partial charge in [-0.2, -0.15) is 0 Å². The highest BCUT2D eigenvalue weighted by Gasteiger charge is 2.17. The number of anilines is 1. The molecule has 0 fully saturated rings. The number of primary sulfonamides is 1. The van der Waals surface area contributed by atoms with Gasteiger partial charge in [0.15, 0.2) is 0 Å². The Morgan fingerprint density at radius 2 is 1.84 bits per heavy atom. The molecular formula is C9H14ClN3O4S2. The zero-order valence-electron chi connectivity index (χ0n) is 9.84. The monoisotopic (exact) mass is 327 g/mol. The quantitative estimate of drug-likeness (QED) is 0.495. The fraction of sp³-hybridized carbons (Fsp3) is 0.333. The van der Waals surface area contributed by atoms with Crippen LogP contribution in [-0.4, -0.2) is 29.1 Å². The number of nitrogen functional groups attached to an aromatic ring is 1. The van der Waals surface area contributed by atoms with E-state index in [9.17, 15) is 16.8 Å². The Hall–Kier alpha value is -0.870. The summed E-state index contributed by atoms with van der Waals surface area (Å²) in [6, 6.07) is 4.07. The van der Waals surface area contributed by atoms with Crippen LogP contribution in [0.1, 0.15) is 6.42 Å². The second-order valence-corrected chi connectivity index (χ2v) is 7.71. The Bertz CT molecular complexity index is 658. The van der Waals surface area contributed by atoms with Crippen molar-refractivity contribution in [1.82, 2.24) is 4.72 Å². The molecule has 7 nitrogen and oxygen atoms in total. The molecular weight excluding hydrogens is 314 g/mol. The first-order chi connectivity index (χ1) is 8.62. The molecule has 0 heterocycles. The number of nitrogens with one attached hydrogen (secondary N) is 1. The molecule has 0 bridgehead atoms. The lowest BCUT2D eigenvalue weighted by Gasteiger charge is -2.09. The molecule has 0 spiro atoms. The molecule has 0 atom stereocenters. The van der Waals surface area contributed by atoms with Gasteiger partial charge in [0.2, 0.25) is 20.0 Å². The zero-order valence-corrected chi connectivity index (χ0v) is 12.2. The first kappa shape index (κ1) is 16.2. The molecule has 5 N–H and O–H groups in total. The normalized spacial score (nSPS) is 12.5. The molecule has 0 aliphatic carbocycles. The zero-order chi connectivity index (χ0) is 14.7. The maximum atomic E-state index is 11.9. The van der Waals surface area contributed by atoms with Gasteiger partial charge in [-0.3, -0.25) is 0 Å². The smallest absolute Gasteiger partial charge is 0.242 e. The average molecular weight is 328 g/mol. The Morgan fingerprint density at radius 1 is 1.21 bits per heavy atom. The lowest BCUT2D eigenvalue weighted by atomic mass is 10.3. The Balaban J connectivity index is 2.74.